The molecule has 6 atom stereocenters. The average Bonchev–Trinajstić information content (AvgIpc) is 1.04. The van der Waals surface area contributed by atoms with E-state index in [0.717, 1.165) is 108 Å². The molecule has 19 heteroatoms. The van der Waals surface area contributed by atoms with Crippen LogP contribution in [-0.4, -0.2) is 96.7 Å². The fraction of sp³-hybridized carbons (Fsp3) is 0.950. The molecule has 0 rings (SSSR count). The molecule has 0 aromatic rings. The molecule has 0 aliphatic carbocycles. The van der Waals surface area contributed by atoms with E-state index in [0.29, 0.717) is 31.6 Å². The van der Waals surface area contributed by atoms with Crippen molar-refractivity contribution in [1.29, 1.82) is 0 Å². The third-order valence-corrected chi connectivity index (χ3v) is 20.9. The Morgan fingerprint density at radius 2 is 0.515 bits per heavy atom. The van der Waals surface area contributed by atoms with Crippen molar-refractivity contribution < 1.29 is 80.2 Å². The molecule has 0 aliphatic rings. The lowest BCUT2D eigenvalue weighted by atomic mass is 9.99. The lowest BCUT2D eigenvalue weighted by Gasteiger charge is -2.21. The monoisotopic (exact) mass is 1450 g/mol. The zero-order valence-corrected chi connectivity index (χ0v) is 66.8. The molecule has 0 bridgehead atoms. The Morgan fingerprint density at radius 3 is 0.768 bits per heavy atom. The molecular weight excluding hydrogens is 1290 g/mol. The molecule has 0 heterocycles. The highest BCUT2D eigenvalue weighted by molar-refractivity contribution is 7.47. The van der Waals surface area contributed by atoms with Gasteiger partial charge in [-0.2, -0.15) is 0 Å². The molecule has 0 aromatic heterocycles. The lowest BCUT2D eigenvalue weighted by molar-refractivity contribution is -0.161. The Kier molecular flexibility index (Phi) is 69.0. The van der Waals surface area contributed by atoms with Gasteiger partial charge in [0.15, 0.2) is 12.2 Å². The first-order valence-corrected chi connectivity index (χ1v) is 44.4. The van der Waals surface area contributed by atoms with E-state index in [2.05, 4.69) is 48.5 Å². The second-order valence-corrected chi connectivity index (χ2v) is 32.9. The highest BCUT2D eigenvalue weighted by Gasteiger charge is 2.30. The van der Waals surface area contributed by atoms with Crippen LogP contribution < -0.4 is 0 Å². The van der Waals surface area contributed by atoms with Gasteiger partial charge in [0, 0.05) is 25.7 Å². The predicted octanol–water partition coefficient (Wildman–Crippen LogP) is 23.7. The van der Waals surface area contributed by atoms with Crippen molar-refractivity contribution in [2.24, 2.45) is 17.8 Å². The molecule has 0 spiro atoms. The van der Waals surface area contributed by atoms with Crippen molar-refractivity contribution in [1.82, 2.24) is 0 Å². The maximum absolute atomic E-state index is 13.1. The number of phosphoric acid groups is 2. The second-order valence-electron chi connectivity index (χ2n) is 30.0. The van der Waals surface area contributed by atoms with Crippen LogP contribution in [0.5, 0.6) is 0 Å². The van der Waals surface area contributed by atoms with Crippen molar-refractivity contribution in [2.45, 2.75) is 433 Å². The molecule has 3 N–H and O–H groups in total. The normalized spacial score (nSPS) is 14.3. The molecule has 0 aliphatic heterocycles. The summed E-state index contributed by atoms with van der Waals surface area (Å²) >= 11 is 0. The SMILES string of the molecule is CCCCCCCCCCCCCCC(=O)O[C@H](COC(=O)CCCCCCCCCC(C)C)COP(=O)(O)OC[C@H](O)COP(=O)(O)OC[C@@H](COC(=O)CCCCCCCCCCCCCCC(C)C)OC(=O)CCCCCCCCCCCCCCCCCCCCC(C)CC. The summed E-state index contributed by atoms with van der Waals surface area (Å²) in [6, 6.07) is 0. The molecular formula is C80H156O17P2. The summed E-state index contributed by atoms with van der Waals surface area (Å²) in [5.41, 5.74) is 0. The third-order valence-electron chi connectivity index (χ3n) is 19.0. The van der Waals surface area contributed by atoms with Gasteiger partial charge < -0.3 is 33.8 Å². The fourth-order valence-corrected chi connectivity index (χ4v) is 13.9. The summed E-state index contributed by atoms with van der Waals surface area (Å²) in [4.78, 5) is 72.9. The summed E-state index contributed by atoms with van der Waals surface area (Å²) in [7, 11) is -9.92. The number of rotatable bonds is 78. The highest BCUT2D eigenvalue weighted by atomic mass is 31.2. The van der Waals surface area contributed by atoms with Gasteiger partial charge in [-0.25, -0.2) is 9.13 Å². The van der Waals surface area contributed by atoms with Crippen LogP contribution in [0, 0.1) is 17.8 Å². The Bertz CT molecular complexity index is 1920. The van der Waals surface area contributed by atoms with Crippen molar-refractivity contribution in [3.63, 3.8) is 0 Å². The van der Waals surface area contributed by atoms with E-state index in [1.54, 1.807) is 0 Å². The van der Waals surface area contributed by atoms with Gasteiger partial charge in [0.1, 0.15) is 19.3 Å². The number of hydrogen-bond acceptors (Lipinski definition) is 15. The summed E-state index contributed by atoms with van der Waals surface area (Å²) in [6.45, 7) is 12.0. The van der Waals surface area contributed by atoms with Crippen LogP contribution in [0.4, 0.5) is 0 Å². The van der Waals surface area contributed by atoms with Crippen LogP contribution in [0.1, 0.15) is 414 Å². The quantitative estimate of drug-likeness (QED) is 0.0222. The molecule has 0 saturated carbocycles. The van der Waals surface area contributed by atoms with Crippen LogP contribution in [0.2, 0.25) is 0 Å². The molecule has 0 radical (unpaired) electrons. The molecule has 588 valence electrons. The summed E-state index contributed by atoms with van der Waals surface area (Å²) in [6.07, 6.45) is 58.3. The van der Waals surface area contributed by atoms with Crippen molar-refractivity contribution in [3.8, 4) is 0 Å². The number of aliphatic hydroxyl groups excluding tert-OH is 1. The number of phosphoric ester groups is 2. The standard InChI is InChI=1S/C80H156O17P2/c1-8-10-11-12-13-14-15-28-34-41-49-56-63-79(84)97-76(68-91-78(83)62-55-48-43-36-38-45-52-59-72(5)6)70-95-99(88,89)93-66-74(81)65-92-98(86,87)94-69-75(67-90-77(82)61-54-47-40-33-29-25-24-26-31-37-44-51-58-71(3)4)96-80(85)64-57-50-42-35-30-23-21-19-17-16-18-20-22-27-32-39-46-53-60-73(7)9-2/h71-76,81H,8-70H2,1-7H3,(H,86,87)(H,88,89)/t73?,74-,75-,76-/m1/s1. The number of hydrogen-bond donors (Lipinski definition) is 3. The Morgan fingerprint density at radius 1 is 0.293 bits per heavy atom. The van der Waals surface area contributed by atoms with E-state index in [-0.39, 0.29) is 25.7 Å². The van der Waals surface area contributed by atoms with Crippen LogP contribution in [0.3, 0.4) is 0 Å². The van der Waals surface area contributed by atoms with Crippen molar-refractivity contribution in [3.05, 3.63) is 0 Å². The van der Waals surface area contributed by atoms with E-state index >= 15 is 0 Å². The van der Waals surface area contributed by atoms with Gasteiger partial charge in [0.05, 0.1) is 26.4 Å². The van der Waals surface area contributed by atoms with Gasteiger partial charge in [0.2, 0.25) is 0 Å². The number of unbranched alkanes of at least 4 members (excludes halogenated alkanes) is 45. The van der Waals surface area contributed by atoms with E-state index in [1.807, 2.05) is 0 Å². The Labute approximate surface area is 607 Å². The molecule has 0 saturated heterocycles. The Hall–Kier alpha value is -1.94. The lowest BCUT2D eigenvalue weighted by Crippen LogP contribution is -2.30. The smallest absolute Gasteiger partial charge is 0.462 e. The molecule has 3 unspecified atom stereocenters. The number of carbonyl (C=O) groups is 4. The van der Waals surface area contributed by atoms with E-state index in [4.69, 9.17) is 37.0 Å². The number of carbonyl (C=O) groups excluding carboxylic acids is 4. The minimum atomic E-state index is -4.96. The molecule has 0 fully saturated rings. The van der Waals surface area contributed by atoms with Crippen molar-refractivity contribution >= 4 is 39.5 Å². The van der Waals surface area contributed by atoms with Crippen LogP contribution in [0.15, 0.2) is 0 Å². The predicted molar refractivity (Wildman–Crippen MR) is 405 cm³/mol. The first-order valence-electron chi connectivity index (χ1n) is 41.4. The van der Waals surface area contributed by atoms with Gasteiger partial charge in [-0.3, -0.25) is 37.3 Å². The van der Waals surface area contributed by atoms with Crippen LogP contribution in [0.25, 0.3) is 0 Å². The molecule has 17 nitrogen and oxygen atoms in total. The van der Waals surface area contributed by atoms with Gasteiger partial charge in [-0.1, -0.05) is 363 Å². The van der Waals surface area contributed by atoms with E-state index < -0.39 is 97.5 Å². The maximum atomic E-state index is 13.1. The fourth-order valence-electron chi connectivity index (χ4n) is 12.3. The maximum Gasteiger partial charge on any atom is 0.472 e. The third kappa shape index (κ3) is 72.8. The zero-order valence-electron chi connectivity index (χ0n) is 65.0. The molecule has 0 aromatic carbocycles. The molecule has 99 heavy (non-hydrogen) atoms. The first kappa shape index (κ1) is 97.1. The molecule has 0 amide bonds. The number of ether oxygens (including phenoxy) is 4. The first-order chi connectivity index (χ1) is 47.8. The minimum absolute atomic E-state index is 0.106. The van der Waals surface area contributed by atoms with Gasteiger partial charge >= 0.3 is 39.5 Å². The second kappa shape index (κ2) is 70.4. The summed E-state index contributed by atoms with van der Waals surface area (Å²) in [5.74, 6) is 0.245. The van der Waals surface area contributed by atoms with Gasteiger partial charge in [-0.05, 0) is 43.4 Å². The largest absolute Gasteiger partial charge is 0.472 e. The summed E-state index contributed by atoms with van der Waals surface area (Å²) in [5, 5.41) is 10.6. The van der Waals surface area contributed by atoms with Crippen LogP contribution in [-0.2, 0) is 65.4 Å². The number of aliphatic hydroxyl groups is 1. The van der Waals surface area contributed by atoms with E-state index in [9.17, 15) is 43.2 Å². The Balaban J connectivity index is 5.21. The topological polar surface area (TPSA) is 237 Å². The van der Waals surface area contributed by atoms with E-state index in [1.165, 1.54) is 218 Å². The minimum Gasteiger partial charge on any atom is -0.462 e. The average molecular weight is 1450 g/mol. The van der Waals surface area contributed by atoms with Gasteiger partial charge in [0.25, 0.3) is 0 Å². The zero-order chi connectivity index (χ0) is 73.0. The number of esters is 4. The van der Waals surface area contributed by atoms with Crippen LogP contribution >= 0.6 is 15.6 Å². The van der Waals surface area contributed by atoms with Crippen molar-refractivity contribution in [2.75, 3.05) is 39.6 Å². The summed E-state index contributed by atoms with van der Waals surface area (Å²) < 4.78 is 68.6. The van der Waals surface area contributed by atoms with Gasteiger partial charge in [-0.15, -0.1) is 0 Å². The highest BCUT2D eigenvalue weighted by Crippen LogP contribution is 2.45.